The van der Waals surface area contributed by atoms with E-state index in [-0.39, 0.29) is 42.7 Å². The fraction of sp³-hybridized carbons (Fsp3) is 0.613. The van der Waals surface area contributed by atoms with Gasteiger partial charge in [0.15, 0.2) is 12.6 Å². The molecule has 2 aliphatic heterocycles. The normalized spacial score (nSPS) is 26.6. The van der Waals surface area contributed by atoms with Crippen molar-refractivity contribution in [1.82, 2.24) is 0 Å². The molecule has 14 nitrogen and oxygen atoms in total. The molecule has 1 aromatic carbocycles. The predicted octanol–water partition coefficient (Wildman–Crippen LogP) is 4.56. The molecule has 0 spiro atoms. The van der Waals surface area contributed by atoms with E-state index in [4.69, 9.17) is 28.4 Å². The summed E-state index contributed by atoms with van der Waals surface area (Å²) in [6.07, 6.45) is 3.36. The van der Waals surface area contributed by atoms with Gasteiger partial charge in [-0.25, -0.2) is 14.2 Å². The van der Waals surface area contributed by atoms with Gasteiger partial charge in [0.1, 0.15) is 35.2 Å². The van der Waals surface area contributed by atoms with E-state index in [1.165, 1.54) is 19.2 Å². The highest BCUT2D eigenvalue weighted by Gasteiger charge is 2.43. The molecule has 15 heteroatoms. The number of methoxy groups -OCH3 is 1. The van der Waals surface area contributed by atoms with Gasteiger partial charge in [-0.2, -0.15) is 0 Å². The van der Waals surface area contributed by atoms with Gasteiger partial charge in [0.2, 0.25) is 0 Å². The van der Waals surface area contributed by atoms with Crippen molar-refractivity contribution in [2.24, 2.45) is 5.92 Å². The van der Waals surface area contributed by atoms with Gasteiger partial charge < -0.3 is 43.3 Å². The number of rotatable bonds is 8. The van der Waals surface area contributed by atoms with Gasteiger partial charge in [-0.05, 0) is 59.6 Å². The predicted molar refractivity (Wildman–Crippen MR) is 167 cm³/mol. The lowest BCUT2D eigenvalue weighted by molar-refractivity contribution is -0.152. The first kappa shape index (κ1) is 37.6. The van der Waals surface area contributed by atoms with Crippen molar-refractivity contribution >= 4 is 31.6 Å². The Labute approximate surface area is 269 Å². The molecule has 1 amide bonds. The van der Waals surface area contributed by atoms with Gasteiger partial charge >= 0.3 is 19.9 Å². The van der Waals surface area contributed by atoms with E-state index in [1.54, 1.807) is 65.8 Å². The Morgan fingerprint density at radius 1 is 1.15 bits per heavy atom. The number of aliphatic hydroxyl groups is 1. The molecule has 0 aromatic heterocycles. The Kier molecular flexibility index (Phi) is 12.6. The van der Waals surface area contributed by atoms with Gasteiger partial charge in [-0.3, -0.25) is 9.42 Å². The second-order valence-corrected chi connectivity index (χ2v) is 13.8. The van der Waals surface area contributed by atoms with Crippen LogP contribution < -0.4 is 9.64 Å². The second kappa shape index (κ2) is 15.4. The van der Waals surface area contributed by atoms with Crippen molar-refractivity contribution < 1.29 is 62.0 Å². The van der Waals surface area contributed by atoms with Gasteiger partial charge in [-0.1, -0.05) is 31.2 Å². The number of phosphoric acid groups is 1. The van der Waals surface area contributed by atoms with E-state index in [1.807, 2.05) is 6.92 Å². The molecular weight excluding hydrogens is 625 g/mol. The van der Waals surface area contributed by atoms with E-state index in [0.29, 0.717) is 5.56 Å². The maximum atomic E-state index is 13.7. The van der Waals surface area contributed by atoms with Crippen LogP contribution in [-0.4, -0.2) is 89.8 Å². The van der Waals surface area contributed by atoms with Gasteiger partial charge in [0.05, 0.1) is 24.9 Å². The number of hydrogen-bond donors (Lipinski definition) is 3. The third-order valence-electron chi connectivity index (χ3n) is 7.02. The lowest BCUT2D eigenvalue weighted by atomic mass is 9.98. The molecule has 0 radical (unpaired) electrons. The summed E-state index contributed by atoms with van der Waals surface area (Å²) in [7, 11) is -3.44. The zero-order chi connectivity index (χ0) is 34.4. The maximum absolute atomic E-state index is 13.7. The van der Waals surface area contributed by atoms with Crippen LogP contribution in [-0.2, 0) is 32.8 Å². The molecule has 3 rings (SSSR count). The largest absolute Gasteiger partial charge is 0.469 e. The van der Waals surface area contributed by atoms with Crippen LogP contribution in [0, 0.1) is 5.92 Å². The van der Waals surface area contributed by atoms with Crippen LogP contribution in [0.1, 0.15) is 70.8 Å². The minimum Gasteiger partial charge on any atom is -0.467 e. The fourth-order valence-corrected chi connectivity index (χ4v) is 5.13. The van der Waals surface area contributed by atoms with Crippen molar-refractivity contribution in [3.63, 3.8) is 0 Å². The number of ether oxygens (including phenoxy) is 6. The molecule has 0 bridgehead atoms. The van der Waals surface area contributed by atoms with Crippen LogP contribution in [0.5, 0.6) is 5.75 Å². The first-order valence-corrected chi connectivity index (χ1v) is 16.4. The average Bonchev–Trinajstić information content (AvgIpc) is 3.24. The van der Waals surface area contributed by atoms with Crippen molar-refractivity contribution in [2.75, 3.05) is 32.0 Å². The summed E-state index contributed by atoms with van der Waals surface area (Å²) in [5.74, 6) is -1.94. The first-order chi connectivity index (χ1) is 21.3. The minimum atomic E-state index is -4.84. The Balaban J connectivity index is 2.18. The molecule has 1 fully saturated rings. The Hall–Kier alpha value is -2.81. The molecular formula is C31H46NO13P. The quantitative estimate of drug-likeness (QED) is 0.152. The summed E-state index contributed by atoms with van der Waals surface area (Å²) in [6, 6.07) is 2.94. The highest BCUT2D eigenvalue weighted by molar-refractivity contribution is 7.46. The van der Waals surface area contributed by atoms with Crippen LogP contribution in [0.4, 0.5) is 10.5 Å². The molecule has 3 N–H and O–H groups in total. The van der Waals surface area contributed by atoms with Crippen LogP contribution in [0.15, 0.2) is 30.4 Å². The van der Waals surface area contributed by atoms with Gasteiger partial charge in [-0.15, -0.1) is 0 Å². The minimum absolute atomic E-state index is 0.0193. The van der Waals surface area contributed by atoms with Crippen molar-refractivity contribution in [3.8, 4) is 5.75 Å². The highest BCUT2D eigenvalue weighted by Crippen LogP contribution is 2.37. The van der Waals surface area contributed by atoms with E-state index >= 15 is 0 Å². The van der Waals surface area contributed by atoms with E-state index in [2.05, 4.69) is 4.52 Å². The van der Waals surface area contributed by atoms with E-state index in [0.717, 1.165) is 4.90 Å². The number of phosphoric ester groups is 1. The lowest BCUT2D eigenvalue weighted by Crippen LogP contribution is -2.39. The second-order valence-electron chi connectivity index (χ2n) is 12.5. The SMILES string of the molecule is COCOc1cc(N(CCOP(=O)(O)O)C(=O)OC(C)(C)C)cc2c1C(=O)O[C@@H](C)[C@H](C)/C=C\[C@@H](O)[C@H]1OC(C)(C)O[C@H]1C/C=C/2. The number of fused-ring (bicyclic) bond motifs is 2. The molecule has 0 aliphatic carbocycles. The molecule has 1 aromatic rings. The summed E-state index contributed by atoms with van der Waals surface area (Å²) in [6.45, 7) is 11.0. The van der Waals surface area contributed by atoms with E-state index < -0.39 is 62.3 Å². The Bertz CT molecular complexity index is 1330. The zero-order valence-corrected chi connectivity index (χ0v) is 28.4. The number of benzene rings is 1. The number of carbonyl (C=O) groups excluding carboxylic acids is 2. The topological polar surface area (TPSA) is 180 Å². The number of anilines is 1. The molecule has 1 saturated heterocycles. The number of esters is 1. The first-order valence-electron chi connectivity index (χ1n) is 14.9. The van der Waals surface area contributed by atoms with Crippen LogP contribution in [0.2, 0.25) is 0 Å². The lowest BCUT2D eigenvalue weighted by Gasteiger charge is -2.28. The number of cyclic esters (lactones) is 1. The summed E-state index contributed by atoms with van der Waals surface area (Å²) in [4.78, 5) is 46.6. The summed E-state index contributed by atoms with van der Waals surface area (Å²) < 4.78 is 50.4. The number of aliphatic hydroxyl groups excluding tert-OH is 1. The van der Waals surface area contributed by atoms with Crippen molar-refractivity contribution in [3.05, 3.63) is 41.5 Å². The summed E-state index contributed by atoms with van der Waals surface area (Å²) >= 11 is 0. The van der Waals surface area contributed by atoms with Crippen molar-refractivity contribution in [1.29, 1.82) is 0 Å². The number of nitrogens with zero attached hydrogens (tertiary/aromatic N) is 1. The van der Waals surface area contributed by atoms with E-state index in [9.17, 15) is 29.0 Å². The van der Waals surface area contributed by atoms with Crippen LogP contribution >= 0.6 is 7.82 Å². The molecule has 46 heavy (non-hydrogen) atoms. The average molecular weight is 672 g/mol. The molecule has 5 atom stereocenters. The maximum Gasteiger partial charge on any atom is 0.469 e. The van der Waals surface area contributed by atoms with Gasteiger partial charge in [0, 0.05) is 19.1 Å². The van der Waals surface area contributed by atoms with Crippen LogP contribution in [0.3, 0.4) is 0 Å². The molecule has 0 unspecified atom stereocenters. The molecule has 2 heterocycles. The molecule has 2 aliphatic rings. The third-order valence-corrected chi connectivity index (χ3v) is 7.54. The smallest absolute Gasteiger partial charge is 0.467 e. The van der Waals surface area contributed by atoms with Crippen molar-refractivity contribution in [2.45, 2.75) is 90.7 Å². The number of carbonyl (C=O) groups is 2. The summed E-state index contributed by atoms with van der Waals surface area (Å²) in [5, 5.41) is 10.9. The number of amides is 1. The molecule has 0 saturated carbocycles. The fourth-order valence-electron chi connectivity index (χ4n) is 4.81. The number of hydrogen-bond acceptors (Lipinski definition) is 11. The molecule has 258 valence electrons. The Morgan fingerprint density at radius 2 is 1.85 bits per heavy atom. The third kappa shape index (κ3) is 10.9. The monoisotopic (exact) mass is 671 g/mol. The standard InChI is InChI=1S/C31H46NO13P/c1-19-12-13-23(33)27-24(43-31(6,7)44-27)11-9-10-21-16-22(17-25(40-18-39-8)26(21)28(34)42-20(19)2)32(14-15-41-46(36,37)38)29(35)45-30(3,4)5/h9-10,12-13,16-17,19-20,23-24,27,33H,11,14-15,18H2,1-8H3,(H2,36,37,38)/b10-9+,13-12-/t19-,20+,23-,24+,27-/m1/s1. The van der Waals surface area contributed by atoms with Gasteiger partial charge in [0.25, 0.3) is 0 Å². The van der Waals surface area contributed by atoms with Crippen LogP contribution in [0.25, 0.3) is 6.08 Å². The Morgan fingerprint density at radius 3 is 2.48 bits per heavy atom. The zero-order valence-electron chi connectivity index (χ0n) is 27.5. The highest BCUT2D eigenvalue weighted by atomic mass is 31.2. The summed E-state index contributed by atoms with van der Waals surface area (Å²) in [5.41, 5.74) is -0.397.